The summed E-state index contributed by atoms with van der Waals surface area (Å²) in [6.45, 7) is 2.78. The lowest BCUT2D eigenvalue weighted by atomic mass is 9.86. The third kappa shape index (κ3) is 4.77. The molecule has 0 aliphatic rings. The Balaban J connectivity index is 2.05. The fraction of sp³-hybridized carbons (Fsp3) is 0.318. The number of methoxy groups -OCH3 is 1. The topological polar surface area (TPSA) is 67.6 Å². The Hall–Kier alpha value is -3.21. The Kier molecular flexibility index (Phi) is 6.64. The summed E-state index contributed by atoms with van der Waals surface area (Å²) in [6.07, 6.45) is -4.83. The molecule has 0 amide bonds. The summed E-state index contributed by atoms with van der Waals surface area (Å²) >= 11 is 0. The number of benzene rings is 2. The van der Waals surface area contributed by atoms with E-state index in [9.17, 15) is 31.4 Å². The normalized spacial score (nSPS) is 15.1. The molecule has 0 saturated heterocycles. The van der Waals surface area contributed by atoms with Crippen LogP contribution in [-0.4, -0.2) is 40.2 Å². The van der Waals surface area contributed by atoms with Crippen LogP contribution < -0.4 is 4.74 Å². The van der Waals surface area contributed by atoms with Crippen molar-refractivity contribution >= 4 is 22.8 Å². The molecule has 3 aromatic rings. The van der Waals surface area contributed by atoms with Gasteiger partial charge in [-0.25, -0.2) is 23.1 Å². The first-order valence-corrected chi connectivity index (χ1v) is 9.66. The van der Waals surface area contributed by atoms with Gasteiger partial charge < -0.3 is 9.84 Å². The van der Waals surface area contributed by atoms with E-state index < -0.39 is 52.8 Å². The first kappa shape index (κ1) is 24.4. The monoisotopic (exact) mass is 471 g/mol. The van der Waals surface area contributed by atoms with Crippen molar-refractivity contribution in [3.63, 3.8) is 0 Å². The predicted molar refractivity (Wildman–Crippen MR) is 109 cm³/mol. The highest BCUT2D eigenvalue weighted by Crippen LogP contribution is 2.40. The van der Waals surface area contributed by atoms with Gasteiger partial charge in [0.2, 0.25) is 0 Å². The Morgan fingerprint density at radius 1 is 1.18 bits per heavy atom. The molecule has 2 atom stereocenters. The Labute approximate surface area is 184 Å². The zero-order valence-electron chi connectivity index (χ0n) is 17.7. The third-order valence-corrected chi connectivity index (χ3v) is 5.12. The van der Waals surface area contributed by atoms with Crippen LogP contribution in [0.25, 0.3) is 10.9 Å². The van der Waals surface area contributed by atoms with Crippen LogP contribution in [-0.2, 0) is 0 Å². The summed E-state index contributed by atoms with van der Waals surface area (Å²) in [4.78, 5) is 11.2. The first-order chi connectivity index (χ1) is 15.4. The molecule has 0 bridgehead atoms. The van der Waals surface area contributed by atoms with Crippen LogP contribution >= 0.6 is 0 Å². The first-order valence-electron chi connectivity index (χ1n) is 9.66. The predicted octanol–water partition coefficient (Wildman–Crippen LogP) is 5.55. The van der Waals surface area contributed by atoms with Gasteiger partial charge >= 0.3 is 6.18 Å². The van der Waals surface area contributed by atoms with Crippen molar-refractivity contribution in [1.29, 1.82) is 0 Å². The molecule has 5 nitrogen and oxygen atoms in total. The fourth-order valence-electron chi connectivity index (χ4n) is 3.43. The molecule has 2 unspecified atom stereocenters. The van der Waals surface area contributed by atoms with Crippen molar-refractivity contribution in [2.45, 2.75) is 38.0 Å². The van der Waals surface area contributed by atoms with Gasteiger partial charge in [0, 0.05) is 29.4 Å². The molecular formula is C22H19F6N3O2. The molecule has 176 valence electrons. The minimum absolute atomic E-state index is 0.107. The van der Waals surface area contributed by atoms with Crippen LogP contribution in [0.5, 0.6) is 5.75 Å². The molecule has 0 saturated carbocycles. The van der Waals surface area contributed by atoms with Crippen LogP contribution in [0.4, 0.5) is 32.0 Å². The lowest BCUT2D eigenvalue weighted by molar-refractivity contribution is -0.231. The minimum atomic E-state index is -5.19. The molecule has 11 heteroatoms. The zero-order valence-corrected chi connectivity index (χ0v) is 17.7. The van der Waals surface area contributed by atoms with Crippen molar-refractivity contribution in [3.8, 4) is 5.75 Å². The minimum Gasteiger partial charge on any atom is -0.493 e. The number of aliphatic imine (C=N–C) groups is 1. The Morgan fingerprint density at radius 3 is 2.52 bits per heavy atom. The number of rotatable bonds is 6. The highest BCUT2D eigenvalue weighted by Gasteiger charge is 2.53. The van der Waals surface area contributed by atoms with Gasteiger partial charge in [0.1, 0.15) is 11.3 Å². The van der Waals surface area contributed by atoms with Crippen LogP contribution in [0.2, 0.25) is 0 Å². The average Bonchev–Trinajstić information content (AvgIpc) is 2.74. The van der Waals surface area contributed by atoms with Gasteiger partial charge in [-0.15, -0.1) is 0 Å². The second-order valence-corrected chi connectivity index (χ2v) is 7.52. The van der Waals surface area contributed by atoms with Gasteiger partial charge in [-0.05, 0) is 25.3 Å². The molecular weight excluding hydrogens is 452 g/mol. The maximum absolute atomic E-state index is 14.1. The number of hydrogen-bond acceptors (Lipinski definition) is 5. The molecule has 1 aromatic heterocycles. The van der Waals surface area contributed by atoms with Crippen LogP contribution in [0.3, 0.4) is 0 Å². The molecule has 0 radical (unpaired) electrons. The largest absolute Gasteiger partial charge is 0.493 e. The smallest absolute Gasteiger partial charge is 0.422 e. The number of aliphatic hydroxyl groups is 1. The van der Waals surface area contributed by atoms with E-state index in [4.69, 9.17) is 4.74 Å². The number of aryl methyl sites for hydroxylation is 1. The maximum Gasteiger partial charge on any atom is 0.422 e. The van der Waals surface area contributed by atoms with Gasteiger partial charge in [0.05, 0.1) is 12.8 Å². The average molecular weight is 471 g/mol. The van der Waals surface area contributed by atoms with Crippen molar-refractivity contribution in [1.82, 2.24) is 9.97 Å². The van der Waals surface area contributed by atoms with E-state index in [2.05, 4.69) is 15.0 Å². The number of alkyl halides is 3. The van der Waals surface area contributed by atoms with Crippen LogP contribution in [0.15, 0.2) is 35.5 Å². The Morgan fingerprint density at radius 2 is 1.88 bits per heavy atom. The number of nitrogens with zero attached hydrogens (tertiary/aromatic N) is 3. The standard InChI is InChI=1S/C22H19F6N3O2/c1-11(13-5-4-6-15(23)20(13)33-3)8-21(32,22(26,27)28)10-30-17-7-16(24)18(25)19-14(17)9-29-12(2)31-19/h4-7,9-11,32H,8H2,1-3H3/b30-10+. The summed E-state index contributed by atoms with van der Waals surface area (Å²) in [5.41, 5.74) is -4.23. The van der Waals surface area contributed by atoms with E-state index in [1.165, 1.54) is 33.1 Å². The summed E-state index contributed by atoms with van der Waals surface area (Å²) in [6, 6.07) is 4.36. The second kappa shape index (κ2) is 8.97. The molecule has 1 N–H and O–H groups in total. The van der Waals surface area contributed by atoms with E-state index >= 15 is 0 Å². The summed E-state index contributed by atoms with van der Waals surface area (Å²) in [7, 11) is 1.17. The van der Waals surface area contributed by atoms with Crippen LogP contribution in [0.1, 0.15) is 30.7 Å². The summed E-state index contributed by atoms with van der Waals surface area (Å²) < 4.78 is 88.6. The summed E-state index contributed by atoms with van der Waals surface area (Å²) in [5, 5.41) is 10.4. The van der Waals surface area contributed by atoms with Gasteiger partial charge in [0.15, 0.2) is 28.8 Å². The molecule has 3 rings (SSSR count). The number of hydrogen-bond donors (Lipinski definition) is 1. The molecule has 1 heterocycles. The molecule has 0 fully saturated rings. The van der Waals surface area contributed by atoms with E-state index in [1.54, 1.807) is 0 Å². The number of para-hydroxylation sites is 1. The number of aromatic nitrogens is 2. The number of halogens is 6. The Bertz CT molecular complexity index is 1210. The van der Waals surface area contributed by atoms with E-state index in [0.29, 0.717) is 6.07 Å². The quantitative estimate of drug-likeness (QED) is 0.378. The van der Waals surface area contributed by atoms with Gasteiger partial charge in [0.25, 0.3) is 0 Å². The van der Waals surface area contributed by atoms with Gasteiger partial charge in [-0.1, -0.05) is 19.1 Å². The number of ether oxygens (including phenoxy) is 1. The highest BCUT2D eigenvalue weighted by molar-refractivity contribution is 5.92. The highest BCUT2D eigenvalue weighted by atomic mass is 19.4. The van der Waals surface area contributed by atoms with E-state index in [0.717, 1.165) is 12.3 Å². The van der Waals surface area contributed by atoms with Crippen LogP contribution in [0, 0.1) is 24.4 Å². The molecule has 0 aliphatic carbocycles. The molecule has 2 aromatic carbocycles. The lowest BCUT2D eigenvalue weighted by Crippen LogP contribution is -2.47. The van der Waals surface area contributed by atoms with Crippen molar-refractivity contribution in [3.05, 3.63) is 59.3 Å². The van der Waals surface area contributed by atoms with E-state index in [1.807, 2.05) is 0 Å². The van der Waals surface area contributed by atoms with Crippen molar-refractivity contribution in [2.75, 3.05) is 7.11 Å². The second-order valence-electron chi connectivity index (χ2n) is 7.52. The van der Waals surface area contributed by atoms with Gasteiger partial charge in [-0.3, -0.25) is 4.99 Å². The lowest BCUT2D eigenvalue weighted by Gasteiger charge is -2.30. The number of fused-ring (bicyclic) bond motifs is 1. The van der Waals surface area contributed by atoms with Crippen molar-refractivity contribution in [2.24, 2.45) is 4.99 Å². The molecule has 0 spiro atoms. The maximum atomic E-state index is 14.1. The summed E-state index contributed by atoms with van der Waals surface area (Å²) in [5.74, 6) is -4.60. The van der Waals surface area contributed by atoms with E-state index in [-0.39, 0.29) is 28.7 Å². The fourth-order valence-corrected chi connectivity index (χ4v) is 3.43. The SMILES string of the molecule is COc1c(F)cccc1C(C)CC(O)(/C=N/c1cc(F)c(F)c2nc(C)ncc12)C(F)(F)F. The molecule has 33 heavy (non-hydrogen) atoms. The third-order valence-electron chi connectivity index (χ3n) is 5.12. The zero-order chi connectivity index (χ0) is 24.6. The van der Waals surface area contributed by atoms with Crippen molar-refractivity contribution < 1.29 is 36.2 Å². The molecule has 0 aliphatic heterocycles. The van der Waals surface area contributed by atoms with Gasteiger partial charge in [-0.2, -0.15) is 13.2 Å².